The molecule has 1 fully saturated rings. The number of aliphatic imine (C=N–C) groups is 1. The summed E-state index contributed by atoms with van der Waals surface area (Å²) in [5.74, 6) is 0.522. The number of carbonyl (C=O) groups excluding carboxylic acids is 1. The number of nitrogens with one attached hydrogen (secondary N) is 2. The molecular weight excluding hydrogens is 359 g/mol. The largest absolute Gasteiger partial charge is 0.450 e. The highest BCUT2D eigenvalue weighted by Crippen LogP contribution is 2.26. The van der Waals surface area contributed by atoms with Gasteiger partial charge in [-0.15, -0.1) is 0 Å². The van der Waals surface area contributed by atoms with Crippen LogP contribution in [-0.2, 0) is 10.2 Å². The smallest absolute Gasteiger partial charge is 0.409 e. The van der Waals surface area contributed by atoms with Gasteiger partial charge < -0.3 is 20.3 Å². The monoisotopic (exact) mass is 392 g/mol. The van der Waals surface area contributed by atoms with Gasteiger partial charge in [0.05, 0.1) is 13.2 Å². The maximum atomic E-state index is 14.2. The van der Waals surface area contributed by atoms with E-state index in [1.165, 1.54) is 6.07 Å². The van der Waals surface area contributed by atoms with Crippen molar-refractivity contribution in [2.75, 3.05) is 32.8 Å². The van der Waals surface area contributed by atoms with Crippen LogP contribution in [0.1, 0.15) is 46.1 Å². The minimum absolute atomic E-state index is 0.202. The maximum Gasteiger partial charge on any atom is 0.409 e. The highest BCUT2D eigenvalue weighted by Gasteiger charge is 2.26. The van der Waals surface area contributed by atoms with E-state index in [0.717, 1.165) is 25.3 Å². The van der Waals surface area contributed by atoms with Crippen LogP contribution in [0.2, 0.25) is 0 Å². The van der Waals surface area contributed by atoms with Gasteiger partial charge in [0.15, 0.2) is 5.96 Å². The summed E-state index contributed by atoms with van der Waals surface area (Å²) in [6.45, 7) is 10.8. The summed E-state index contributed by atoms with van der Waals surface area (Å²) in [4.78, 5) is 18.3. The fourth-order valence-corrected chi connectivity index (χ4v) is 3.31. The normalized spacial score (nSPS) is 16.0. The summed E-state index contributed by atoms with van der Waals surface area (Å²) in [5.41, 5.74) is 0.249. The lowest BCUT2D eigenvalue weighted by Gasteiger charge is -2.32. The first-order chi connectivity index (χ1) is 13.4. The van der Waals surface area contributed by atoms with Crippen molar-refractivity contribution in [2.45, 2.75) is 52.0 Å². The van der Waals surface area contributed by atoms with Crippen LogP contribution in [0, 0.1) is 5.82 Å². The van der Waals surface area contributed by atoms with E-state index in [-0.39, 0.29) is 18.0 Å². The molecule has 0 saturated carbocycles. The molecule has 1 heterocycles. The molecule has 0 spiro atoms. The summed E-state index contributed by atoms with van der Waals surface area (Å²) in [6.07, 6.45) is 1.42. The molecule has 1 aliphatic rings. The average molecular weight is 393 g/mol. The van der Waals surface area contributed by atoms with Crippen molar-refractivity contribution in [1.29, 1.82) is 0 Å². The Morgan fingerprint density at radius 3 is 2.57 bits per heavy atom. The summed E-state index contributed by atoms with van der Waals surface area (Å²) in [6, 6.07) is 7.09. The van der Waals surface area contributed by atoms with Gasteiger partial charge >= 0.3 is 6.09 Å². The quantitative estimate of drug-likeness (QED) is 0.576. The van der Waals surface area contributed by atoms with E-state index >= 15 is 0 Å². The van der Waals surface area contributed by atoms with Gasteiger partial charge in [-0.05, 0) is 38.3 Å². The third-order valence-corrected chi connectivity index (χ3v) is 4.94. The fraction of sp³-hybridized carbons (Fsp3) is 0.619. The molecule has 2 rings (SSSR count). The van der Waals surface area contributed by atoms with Gasteiger partial charge in [0.25, 0.3) is 0 Å². The van der Waals surface area contributed by atoms with E-state index in [0.29, 0.717) is 31.8 Å². The van der Waals surface area contributed by atoms with Gasteiger partial charge in [-0.1, -0.05) is 32.0 Å². The van der Waals surface area contributed by atoms with Crippen LogP contribution in [0.15, 0.2) is 29.3 Å². The highest BCUT2D eigenvalue weighted by atomic mass is 19.1. The lowest BCUT2D eigenvalue weighted by molar-refractivity contribution is 0.0963. The number of rotatable bonds is 6. The lowest BCUT2D eigenvalue weighted by Crippen LogP contribution is -2.50. The number of benzene rings is 1. The highest BCUT2D eigenvalue weighted by molar-refractivity contribution is 5.80. The lowest BCUT2D eigenvalue weighted by atomic mass is 9.84. The maximum absolute atomic E-state index is 14.2. The number of hydrogen-bond donors (Lipinski definition) is 2. The van der Waals surface area contributed by atoms with Crippen LogP contribution in [-0.4, -0.2) is 55.8 Å². The Morgan fingerprint density at radius 2 is 1.96 bits per heavy atom. The van der Waals surface area contributed by atoms with Crippen LogP contribution in [0.5, 0.6) is 0 Å². The molecule has 2 N–H and O–H groups in total. The number of carbonyl (C=O) groups is 1. The van der Waals surface area contributed by atoms with Crippen molar-refractivity contribution in [2.24, 2.45) is 4.99 Å². The van der Waals surface area contributed by atoms with Crippen LogP contribution in [0.4, 0.5) is 9.18 Å². The van der Waals surface area contributed by atoms with Crippen LogP contribution in [0.3, 0.4) is 0 Å². The third-order valence-electron chi connectivity index (χ3n) is 4.94. The van der Waals surface area contributed by atoms with Gasteiger partial charge in [0, 0.05) is 31.1 Å². The van der Waals surface area contributed by atoms with E-state index in [9.17, 15) is 9.18 Å². The molecule has 0 aromatic heterocycles. The van der Waals surface area contributed by atoms with E-state index in [1.807, 2.05) is 39.8 Å². The Balaban J connectivity index is 1.96. The number of hydrogen-bond acceptors (Lipinski definition) is 3. The molecule has 1 aliphatic heterocycles. The summed E-state index contributed by atoms with van der Waals surface area (Å²) in [7, 11) is 0. The first-order valence-corrected chi connectivity index (χ1v) is 10.1. The van der Waals surface area contributed by atoms with Crippen molar-refractivity contribution in [3.05, 3.63) is 35.6 Å². The molecule has 0 atom stereocenters. The fourth-order valence-electron chi connectivity index (χ4n) is 3.31. The number of piperidine rings is 1. The number of nitrogens with zero attached hydrogens (tertiary/aromatic N) is 2. The van der Waals surface area contributed by atoms with Crippen molar-refractivity contribution in [3.63, 3.8) is 0 Å². The SMILES string of the molecule is CCNC(=NCC(C)(C)c1ccccc1F)NC1CCN(C(=O)OCC)CC1. The Labute approximate surface area is 167 Å². The number of amides is 1. The second-order valence-corrected chi connectivity index (χ2v) is 7.66. The second-order valence-electron chi connectivity index (χ2n) is 7.66. The van der Waals surface area contributed by atoms with Gasteiger partial charge in [0.1, 0.15) is 5.82 Å². The van der Waals surface area contributed by atoms with Crippen LogP contribution >= 0.6 is 0 Å². The van der Waals surface area contributed by atoms with Crippen LogP contribution < -0.4 is 10.6 Å². The summed E-state index contributed by atoms with van der Waals surface area (Å²) < 4.78 is 19.2. The number of guanidine groups is 1. The predicted octanol–water partition coefficient (Wildman–Crippen LogP) is 3.28. The molecule has 0 aliphatic carbocycles. The first kappa shape index (κ1) is 22.0. The molecule has 0 unspecified atom stereocenters. The van der Waals surface area contributed by atoms with Crippen LogP contribution in [0.25, 0.3) is 0 Å². The number of ether oxygens (including phenoxy) is 1. The molecule has 1 saturated heterocycles. The topological polar surface area (TPSA) is 66.0 Å². The summed E-state index contributed by atoms with van der Waals surface area (Å²) >= 11 is 0. The van der Waals surface area contributed by atoms with E-state index in [4.69, 9.17) is 9.73 Å². The molecule has 156 valence electrons. The van der Waals surface area contributed by atoms with Crippen molar-refractivity contribution in [3.8, 4) is 0 Å². The van der Waals surface area contributed by atoms with Gasteiger partial charge in [-0.2, -0.15) is 0 Å². The Kier molecular flexibility index (Phi) is 8.08. The molecule has 1 aromatic carbocycles. The number of likely N-dealkylation sites (tertiary alicyclic amines) is 1. The zero-order valence-electron chi connectivity index (χ0n) is 17.4. The Bertz CT molecular complexity index is 670. The van der Waals surface area contributed by atoms with Gasteiger partial charge in [-0.3, -0.25) is 4.99 Å². The molecule has 6 nitrogen and oxygen atoms in total. The molecule has 1 amide bonds. The molecule has 0 radical (unpaired) electrons. The minimum Gasteiger partial charge on any atom is -0.450 e. The van der Waals surface area contributed by atoms with Crippen molar-refractivity contribution < 1.29 is 13.9 Å². The molecule has 0 bridgehead atoms. The van der Waals surface area contributed by atoms with Crippen molar-refractivity contribution in [1.82, 2.24) is 15.5 Å². The number of halogens is 1. The van der Waals surface area contributed by atoms with Gasteiger partial charge in [-0.25, -0.2) is 9.18 Å². The second kappa shape index (κ2) is 10.3. The predicted molar refractivity (Wildman–Crippen MR) is 110 cm³/mol. The zero-order valence-corrected chi connectivity index (χ0v) is 17.4. The molecule has 28 heavy (non-hydrogen) atoms. The first-order valence-electron chi connectivity index (χ1n) is 10.1. The average Bonchev–Trinajstić information content (AvgIpc) is 2.67. The molecule has 7 heteroatoms. The molecular formula is C21H33FN4O2. The Morgan fingerprint density at radius 1 is 1.29 bits per heavy atom. The summed E-state index contributed by atoms with van der Waals surface area (Å²) in [5, 5.41) is 6.72. The van der Waals surface area contributed by atoms with E-state index < -0.39 is 5.41 Å². The third kappa shape index (κ3) is 6.11. The zero-order chi connectivity index (χ0) is 20.6. The standard InChI is InChI=1S/C21H33FN4O2/c1-5-23-19(24-15-21(3,4)17-9-7-8-10-18(17)22)25-16-11-13-26(14-12-16)20(27)28-6-2/h7-10,16H,5-6,11-15H2,1-4H3,(H2,23,24,25). The minimum atomic E-state index is -0.416. The van der Waals surface area contributed by atoms with E-state index in [2.05, 4.69) is 10.6 Å². The van der Waals surface area contributed by atoms with E-state index in [1.54, 1.807) is 11.0 Å². The van der Waals surface area contributed by atoms with Crippen molar-refractivity contribution >= 4 is 12.1 Å². The Hall–Kier alpha value is -2.31. The van der Waals surface area contributed by atoms with Gasteiger partial charge in [0.2, 0.25) is 0 Å². The molecule has 1 aromatic rings.